The fourth-order valence-corrected chi connectivity index (χ4v) is 1.46. The monoisotopic (exact) mass is 235 g/mol. The van der Waals surface area contributed by atoms with Crippen LogP contribution in [0.3, 0.4) is 0 Å². The zero-order valence-electron chi connectivity index (χ0n) is 7.32. The Morgan fingerprint density at radius 1 is 1.36 bits per heavy atom. The van der Waals surface area contributed by atoms with Gasteiger partial charge in [-0.2, -0.15) is 0 Å². The van der Waals surface area contributed by atoms with Gasteiger partial charge in [0.25, 0.3) is 0 Å². The molecule has 0 aliphatic heterocycles. The first-order valence-corrected chi connectivity index (χ1v) is 4.94. The number of hydrogen-bond donors (Lipinski definition) is 3. The molecule has 4 N–H and O–H groups in total. The van der Waals surface area contributed by atoms with Crippen molar-refractivity contribution in [2.45, 2.75) is 12.2 Å². The van der Waals surface area contributed by atoms with Crippen LogP contribution in [-0.4, -0.2) is 22.2 Å². The van der Waals surface area contributed by atoms with E-state index in [1.54, 1.807) is 12.1 Å². The van der Waals surface area contributed by atoms with Crippen molar-refractivity contribution < 1.29 is 10.2 Å². The molecule has 1 aromatic carbocycles. The van der Waals surface area contributed by atoms with Crippen molar-refractivity contribution >= 4 is 28.9 Å². The van der Waals surface area contributed by atoms with E-state index in [1.807, 2.05) is 0 Å². The molecule has 0 aliphatic rings. The Labute approximate surface area is 92.1 Å². The smallest absolute Gasteiger partial charge is 0.108 e. The van der Waals surface area contributed by atoms with Crippen LogP contribution in [0.4, 0.5) is 5.69 Å². The topological polar surface area (TPSA) is 66.5 Å². The molecular weight excluding hydrogens is 225 g/mol. The normalized spacial score (nSPS) is 15.1. The Morgan fingerprint density at radius 3 is 2.50 bits per heavy atom. The molecule has 0 amide bonds. The summed E-state index contributed by atoms with van der Waals surface area (Å²) in [6.45, 7) is 0. The molecular formula is C9H11Cl2NO2. The second kappa shape index (κ2) is 4.84. The minimum Gasteiger partial charge on any atom is -0.398 e. The Hall–Kier alpha value is -0.480. The zero-order valence-corrected chi connectivity index (χ0v) is 8.83. The van der Waals surface area contributed by atoms with Crippen molar-refractivity contribution in [2.24, 2.45) is 0 Å². The van der Waals surface area contributed by atoms with E-state index in [1.165, 1.54) is 6.07 Å². The molecule has 0 aliphatic carbocycles. The van der Waals surface area contributed by atoms with Gasteiger partial charge in [0.2, 0.25) is 0 Å². The van der Waals surface area contributed by atoms with Gasteiger partial charge in [0.05, 0.1) is 12.0 Å². The van der Waals surface area contributed by atoms with Gasteiger partial charge >= 0.3 is 0 Å². The van der Waals surface area contributed by atoms with Crippen LogP contribution in [0.15, 0.2) is 18.2 Å². The molecule has 2 unspecified atom stereocenters. The number of anilines is 1. The average molecular weight is 236 g/mol. The van der Waals surface area contributed by atoms with Crippen LogP contribution < -0.4 is 5.73 Å². The summed E-state index contributed by atoms with van der Waals surface area (Å²) < 4.78 is 0. The summed E-state index contributed by atoms with van der Waals surface area (Å²) in [5, 5.41) is 19.4. The molecule has 14 heavy (non-hydrogen) atoms. The SMILES string of the molecule is Nc1cc(Cl)ccc1C(O)C(O)CCl. The van der Waals surface area contributed by atoms with Crippen molar-refractivity contribution in [3.63, 3.8) is 0 Å². The maximum absolute atomic E-state index is 9.60. The third kappa shape index (κ3) is 2.51. The molecule has 0 saturated heterocycles. The van der Waals surface area contributed by atoms with E-state index in [0.29, 0.717) is 16.3 Å². The fourth-order valence-electron chi connectivity index (χ4n) is 1.11. The van der Waals surface area contributed by atoms with Gasteiger partial charge in [-0.3, -0.25) is 0 Å². The minimum absolute atomic E-state index is 0.0523. The molecule has 0 aromatic heterocycles. The van der Waals surface area contributed by atoms with E-state index in [9.17, 15) is 10.2 Å². The highest BCUT2D eigenvalue weighted by molar-refractivity contribution is 6.30. The zero-order chi connectivity index (χ0) is 10.7. The highest BCUT2D eigenvalue weighted by atomic mass is 35.5. The number of alkyl halides is 1. The van der Waals surface area contributed by atoms with E-state index >= 15 is 0 Å². The van der Waals surface area contributed by atoms with Gasteiger partial charge in [0.15, 0.2) is 0 Å². The lowest BCUT2D eigenvalue weighted by atomic mass is 10.0. The standard InChI is InChI=1S/C9H11Cl2NO2/c10-4-8(13)9(14)6-2-1-5(11)3-7(6)12/h1-3,8-9,13-14H,4,12H2. The Morgan fingerprint density at radius 2 is 2.00 bits per heavy atom. The molecule has 0 heterocycles. The predicted molar refractivity (Wildman–Crippen MR) is 57.6 cm³/mol. The number of hydrogen-bond acceptors (Lipinski definition) is 3. The van der Waals surface area contributed by atoms with Crippen LogP contribution >= 0.6 is 23.2 Å². The van der Waals surface area contributed by atoms with Gasteiger partial charge < -0.3 is 15.9 Å². The molecule has 5 heteroatoms. The molecule has 0 spiro atoms. The van der Waals surface area contributed by atoms with Crippen molar-refractivity contribution in [1.29, 1.82) is 0 Å². The fraction of sp³-hybridized carbons (Fsp3) is 0.333. The average Bonchev–Trinajstić information content (AvgIpc) is 2.15. The summed E-state index contributed by atoms with van der Waals surface area (Å²) in [5.74, 6) is -0.0523. The van der Waals surface area contributed by atoms with Crippen LogP contribution in [0.1, 0.15) is 11.7 Å². The summed E-state index contributed by atoms with van der Waals surface area (Å²) in [6, 6.07) is 4.68. The predicted octanol–water partition coefficient (Wildman–Crippen LogP) is 1.56. The van der Waals surface area contributed by atoms with Crippen LogP contribution in [-0.2, 0) is 0 Å². The third-order valence-corrected chi connectivity index (χ3v) is 2.44. The van der Waals surface area contributed by atoms with Crippen molar-refractivity contribution in [2.75, 3.05) is 11.6 Å². The maximum atomic E-state index is 9.60. The molecule has 1 rings (SSSR count). The molecule has 0 saturated carbocycles. The highest BCUT2D eigenvalue weighted by Crippen LogP contribution is 2.26. The van der Waals surface area contributed by atoms with Crippen molar-refractivity contribution in [3.8, 4) is 0 Å². The molecule has 78 valence electrons. The van der Waals surface area contributed by atoms with Crippen LogP contribution in [0.25, 0.3) is 0 Å². The Kier molecular flexibility index (Phi) is 4.01. The molecule has 3 nitrogen and oxygen atoms in total. The minimum atomic E-state index is -1.08. The second-order valence-corrected chi connectivity index (χ2v) is 3.68. The largest absolute Gasteiger partial charge is 0.398 e. The summed E-state index contributed by atoms with van der Waals surface area (Å²) in [5.41, 5.74) is 6.39. The molecule has 2 atom stereocenters. The summed E-state index contributed by atoms with van der Waals surface area (Å²) in [4.78, 5) is 0. The van der Waals surface area contributed by atoms with Gasteiger partial charge in [-0.1, -0.05) is 17.7 Å². The quantitative estimate of drug-likeness (QED) is 0.551. The lowest BCUT2D eigenvalue weighted by Gasteiger charge is -2.17. The van der Waals surface area contributed by atoms with E-state index < -0.39 is 12.2 Å². The molecule has 0 radical (unpaired) electrons. The Balaban J connectivity index is 2.95. The number of nitrogen functional groups attached to an aromatic ring is 1. The summed E-state index contributed by atoms with van der Waals surface area (Å²) in [7, 11) is 0. The summed E-state index contributed by atoms with van der Waals surface area (Å²) in [6.07, 6.45) is -2.11. The number of benzene rings is 1. The maximum Gasteiger partial charge on any atom is 0.108 e. The number of nitrogens with two attached hydrogens (primary N) is 1. The van der Waals surface area contributed by atoms with Crippen molar-refractivity contribution in [3.05, 3.63) is 28.8 Å². The van der Waals surface area contributed by atoms with Gasteiger partial charge in [-0.25, -0.2) is 0 Å². The first-order valence-electron chi connectivity index (χ1n) is 4.03. The van der Waals surface area contributed by atoms with Crippen LogP contribution in [0.2, 0.25) is 5.02 Å². The van der Waals surface area contributed by atoms with Gasteiger partial charge in [0.1, 0.15) is 6.10 Å². The van der Waals surface area contributed by atoms with E-state index in [-0.39, 0.29) is 5.88 Å². The highest BCUT2D eigenvalue weighted by Gasteiger charge is 2.19. The van der Waals surface area contributed by atoms with Crippen LogP contribution in [0.5, 0.6) is 0 Å². The van der Waals surface area contributed by atoms with Gasteiger partial charge in [-0.05, 0) is 12.1 Å². The van der Waals surface area contributed by atoms with E-state index in [4.69, 9.17) is 28.9 Å². The van der Waals surface area contributed by atoms with Crippen molar-refractivity contribution in [1.82, 2.24) is 0 Å². The molecule has 0 bridgehead atoms. The summed E-state index contributed by atoms with van der Waals surface area (Å²) >= 11 is 11.1. The Bertz CT molecular complexity index is 320. The molecule has 0 fully saturated rings. The number of rotatable bonds is 3. The second-order valence-electron chi connectivity index (χ2n) is 2.94. The number of aliphatic hydroxyl groups excluding tert-OH is 2. The van der Waals surface area contributed by atoms with E-state index in [2.05, 4.69) is 0 Å². The third-order valence-electron chi connectivity index (χ3n) is 1.89. The lowest BCUT2D eigenvalue weighted by Crippen LogP contribution is -2.20. The first kappa shape index (κ1) is 11.6. The van der Waals surface area contributed by atoms with Crippen LogP contribution in [0, 0.1) is 0 Å². The number of aliphatic hydroxyl groups is 2. The molecule has 1 aromatic rings. The number of halogens is 2. The van der Waals surface area contributed by atoms with Gasteiger partial charge in [0, 0.05) is 16.3 Å². The van der Waals surface area contributed by atoms with E-state index in [0.717, 1.165) is 0 Å². The van der Waals surface area contributed by atoms with Gasteiger partial charge in [-0.15, -0.1) is 11.6 Å². The first-order chi connectivity index (χ1) is 6.56. The lowest BCUT2D eigenvalue weighted by molar-refractivity contribution is 0.0332.